The fraction of sp³-hybridized carbons (Fsp3) is 0.889. The van der Waals surface area contributed by atoms with Gasteiger partial charge in [-0.2, -0.15) is 0 Å². The molecule has 4 N–H and O–H groups in total. The van der Waals surface area contributed by atoms with Crippen LogP contribution >= 0.6 is 0 Å². The smallest absolute Gasteiger partial charge is 0.322 e. The van der Waals surface area contributed by atoms with Crippen molar-refractivity contribution < 1.29 is 9.90 Å². The van der Waals surface area contributed by atoms with Crippen molar-refractivity contribution in [3.8, 4) is 0 Å². The van der Waals surface area contributed by atoms with E-state index in [2.05, 4.69) is 5.32 Å². The van der Waals surface area contributed by atoms with Gasteiger partial charge in [0.2, 0.25) is 0 Å². The summed E-state index contributed by atoms with van der Waals surface area (Å²) in [6, 6.07) is -0.207. The summed E-state index contributed by atoms with van der Waals surface area (Å²) in [7, 11) is 0. The van der Waals surface area contributed by atoms with Crippen LogP contribution in [0.3, 0.4) is 0 Å². The monoisotopic (exact) mass is 186 g/mol. The first-order chi connectivity index (χ1) is 6.24. The first-order valence-electron chi connectivity index (χ1n) is 4.93. The van der Waals surface area contributed by atoms with Gasteiger partial charge in [-0.15, -0.1) is 0 Å². The highest BCUT2D eigenvalue weighted by Gasteiger charge is 2.21. The number of nitrogens with one attached hydrogen (secondary N) is 1. The van der Waals surface area contributed by atoms with Crippen molar-refractivity contribution in [1.29, 1.82) is 0 Å². The van der Waals surface area contributed by atoms with Crippen LogP contribution in [0.15, 0.2) is 0 Å². The molecule has 1 aliphatic carbocycles. The van der Waals surface area contributed by atoms with Crippen LogP contribution < -0.4 is 11.1 Å². The van der Waals surface area contributed by atoms with Crippen molar-refractivity contribution in [1.82, 2.24) is 5.32 Å². The summed E-state index contributed by atoms with van der Waals surface area (Å²) in [5.74, 6) is -0.840. The van der Waals surface area contributed by atoms with Gasteiger partial charge in [-0.05, 0) is 12.8 Å². The van der Waals surface area contributed by atoms with E-state index in [0.717, 1.165) is 12.8 Å². The van der Waals surface area contributed by atoms with Crippen molar-refractivity contribution in [3.05, 3.63) is 0 Å². The first kappa shape index (κ1) is 10.5. The Balaban J connectivity index is 2.31. The molecule has 0 amide bonds. The maximum absolute atomic E-state index is 10.7. The fourth-order valence-corrected chi connectivity index (χ4v) is 1.79. The van der Waals surface area contributed by atoms with Crippen molar-refractivity contribution >= 4 is 5.97 Å². The van der Waals surface area contributed by atoms with E-state index in [4.69, 9.17) is 10.8 Å². The maximum Gasteiger partial charge on any atom is 0.322 e. The molecule has 1 unspecified atom stereocenters. The average molecular weight is 186 g/mol. The van der Waals surface area contributed by atoms with Gasteiger partial charge in [-0.3, -0.25) is 4.79 Å². The zero-order valence-corrected chi connectivity index (χ0v) is 7.83. The van der Waals surface area contributed by atoms with Gasteiger partial charge in [-0.1, -0.05) is 19.3 Å². The van der Waals surface area contributed by atoms with Gasteiger partial charge in [0.25, 0.3) is 0 Å². The Hall–Kier alpha value is -0.610. The summed E-state index contributed by atoms with van der Waals surface area (Å²) in [6.07, 6.45) is 5.86. The van der Waals surface area contributed by atoms with E-state index in [1.165, 1.54) is 19.3 Å². The lowest BCUT2D eigenvalue weighted by Crippen LogP contribution is -2.48. The second kappa shape index (κ2) is 5.19. The minimum Gasteiger partial charge on any atom is -0.480 e. The predicted molar refractivity (Wildman–Crippen MR) is 50.5 cm³/mol. The van der Waals surface area contributed by atoms with Gasteiger partial charge in [0.1, 0.15) is 6.04 Å². The molecule has 0 aromatic heterocycles. The third-order valence-electron chi connectivity index (χ3n) is 2.58. The molecule has 1 atom stereocenters. The van der Waals surface area contributed by atoms with Gasteiger partial charge in [0.05, 0.1) is 0 Å². The molecule has 1 rings (SSSR count). The molecule has 0 radical (unpaired) electrons. The van der Waals surface area contributed by atoms with Gasteiger partial charge in [-0.25, -0.2) is 0 Å². The van der Waals surface area contributed by atoms with Crippen LogP contribution in [0.4, 0.5) is 0 Å². The standard InChI is InChI=1S/C9H18N2O2/c10-6-8(9(12)13)11-7-4-2-1-3-5-7/h7-8,11H,1-6,10H2,(H,12,13). The lowest BCUT2D eigenvalue weighted by atomic mass is 9.95. The Morgan fingerprint density at radius 2 is 2.08 bits per heavy atom. The van der Waals surface area contributed by atoms with Gasteiger partial charge in [0.15, 0.2) is 0 Å². The van der Waals surface area contributed by atoms with E-state index in [-0.39, 0.29) is 6.54 Å². The Labute approximate surface area is 78.5 Å². The molecule has 0 aliphatic heterocycles. The third-order valence-corrected chi connectivity index (χ3v) is 2.58. The lowest BCUT2D eigenvalue weighted by molar-refractivity contribution is -0.139. The van der Waals surface area contributed by atoms with Crippen molar-refractivity contribution in [3.63, 3.8) is 0 Å². The summed E-state index contributed by atoms with van der Waals surface area (Å²) in [5, 5.41) is 11.8. The molecule has 0 heterocycles. The number of carboxylic acid groups (broad SMARTS) is 1. The zero-order valence-electron chi connectivity index (χ0n) is 7.83. The minimum atomic E-state index is -0.840. The molecule has 1 saturated carbocycles. The summed E-state index contributed by atoms with van der Waals surface area (Å²) < 4.78 is 0. The Morgan fingerprint density at radius 1 is 1.46 bits per heavy atom. The molecular formula is C9H18N2O2. The number of hydrogen-bond donors (Lipinski definition) is 3. The quantitative estimate of drug-likeness (QED) is 0.591. The zero-order chi connectivity index (χ0) is 9.68. The molecule has 0 aromatic carbocycles. The molecule has 0 saturated heterocycles. The molecule has 0 aromatic rings. The Bertz CT molecular complexity index is 167. The largest absolute Gasteiger partial charge is 0.480 e. The number of rotatable bonds is 4. The maximum atomic E-state index is 10.7. The van der Waals surface area contributed by atoms with Gasteiger partial charge >= 0.3 is 5.97 Å². The normalized spacial score (nSPS) is 21.3. The molecular weight excluding hydrogens is 168 g/mol. The van der Waals surface area contributed by atoms with E-state index >= 15 is 0 Å². The molecule has 1 fully saturated rings. The predicted octanol–water partition coefficient (Wildman–Crippen LogP) is 0.321. The van der Waals surface area contributed by atoms with Crippen LogP contribution in [0.25, 0.3) is 0 Å². The highest BCUT2D eigenvalue weighted by molar-refractivity contribution is 5.73. The molecule has 0 bridgehead atoms. The van der Waals surface area contributed by atoms with Crippen molar-refractivity contribution in [2.24, 2.45) is 5.73 Å². The molecule has 4 heteroatoms. The molecule has 13 heavy (non-hydrogen) atoms. The Kier molecular flexibility index (Phi) is 4.18. The second-order valence-electron chi connectivity index (χ2n) is 3.63. The summed E-state index contributed by atoms with van der Waals surface area (Å²) in [4.78, 5) is 10.7. The number of carbonyl (C=O) groups is 1. The lowest BCUT2D eigenvalue weighted by Gasteiger charge is -2.25. The highest BCUT2D eigenvalue weighted by atomic mass is 16.4. The van der Waals surface area contributed by atoms with Crippen LogP contribution in [-0.2, 0) is 4.79 Å². The van der Waals surface area contributed by atoms with Crippen LogP contribution in [0, 0.1) is 0 Å². The van der Waals surface area contributed by atoms with Crippen LogP contribution in [0.1, 0.15) is 32.1 Å². The van der Waals surface area contributed by atoms with E-state index in [0.29, 0.717) is 6.04 Å². The third kappa shape index (κ3) is 3.32. The second-order valence-corrected chi connectivity index (χ2v) is 3.63. The van der Waals surface area contributed by atoms with E-state index in [1.54, 1.807) is 0 Å². The highest BCUT2D eigenvalue weighted by Crippen LogP contribution is 2.17. The van der Waals surface area contributed by atoms with Crippen LogP contribution in [0.2, 0.25) is 0 Å². The number of nitrogens with two attached hydrogens (primary N) is 1. The molecule has 76 valence electrons. The fourth-order valence-electron chi connectivity index (χ4n) is 1.79. The Morgan fingerprint density at radius 3 is 2.54 bits per heavy atom. The topological polar surface area (TPSA) is 75.3 Å². The van der Waals surface area contributed by atoms with E-state index < -0.39 is 12.0 Å². The number of carboxylic acids is 1. The van der Waals surface area contributed by atoms with Crippen molar-refractivity contribution in [2.45, 2.75) is 44.2 Å². The molecule has 0 spiro atoms. The molecule has 1 aliphatic rings. The van der Waals surface area contributed by atoms with Crippen molar-refractivity contribution in [2.75, 3.05) is 6.54 Å². The average Bonchev–Trinajstić information content (AvgIpc) is 2.15. The summed E-state index contributed by atoms with van der Waals surface area (Å²) in [6.45, 7) is 0.172. The first-order valence-corrected chi connectivity index (χ1v) is 4.93. The van der Waals surface area contributed by atoms with Crippen LogP contribution in [-0.4, -0.2) is 29.7 Å². The molecule has 4 nitrogen and oxygen atoms in total. The van der Waals surface area contributed by atoms with Crippen LogP contribution in [0.5, 0.6) is 0 Å². The van der Waals surface area contributed by atoms with Gasteiger partial charge in [0, 0.05) is 12.6 Å². The minimum absolute atomic E-state index is 0.172. The van der Waals surface area contributed by atoms with E-state index in [9.17, 15) is 4.79 Å². The number of hydrogen-bond acceptors (Lipinski definition) is 3. The SMILES string of the molecule is NCC(NC1CCCCC1)C(=O)O. The number of aliphatic carboxylic acids is 1. The summed E-state index contributed by atoms with van der Waals surface area (Å²) in [5.41, 5.74) is 5.35. The van der Waals surface area contributed by atoms with E-state index in [1.807, 2.05) is 0 Å². The summed E-state index contributed by atoms with van der Waals surface area (Å²) >= 11 is 0. The van der Waals surface area contributed by atoms with Gasteiger partial charge < -0.3 is 16.2 Å².